The van der Waals surface area contributed by atoms with Crippen molar-refractivity contribution in [2.75, 3.05) is 0 Å². The molecule has 2 nitrogen and oxygen atoms in total. The highest BCUT2D eigenvalue weighted by molar-refractivity contribution is 7.09. The number of hydrogen-bond donors (Lipinski definition) is 1. The molecule has 3 heteroatoms. The van der Waals surface area contributed by atoms with Gasteiger partial charge in [-0.3, -0.25) is 0 Å². The number of benzene rings is 2. The molecule has 1 heterocycles. The van der Waals surface area contributed by atoms with Crippen molar-refractivity contribution in [1.29, 1.82) is 0 Å². The summed E-state index contributed by atoms with van der Waals surface area (Å²) in [6.07, 6.45) is 0.777. The Morgan fingerprint density at radius 2 is 1.55 bits per heavy atom. The maximum Gasteiger partial charge on any atom is 0.0951 e. The molecule has 0 fully saturated rings. The number of nitrogens with two attached hydrogens (primary N) is 1. The van der Waals surface area contributed by atoms with Crippen molar-refractivity contribution in [2.45, 2.75) is 26.3 Å². The molecule has 1 aromatic heterocycles. The van der Waals surface area contributed by atoms with Crippen LogP contribution in [0.5, 0.6) is 0 Å². The van der Waals surface area contributed by atoms with Crippen molar-refractivity contribution >= 4 is 11.3 Å². The summed E-state index contributed by atoms with van der Waals surface area (Å²) in [6, 6.07) is 16.9. The largest absolute Gasteiger partial charge is 0.324 e. The summed E-state index contributed by atoms with van der Waals surface area (Å²) in [4.78, 5) is 4.73. The van der Waals surface area contributed by atoms with E-state index in [-0.39, 0.29) is 6.04 Å². The molecule has 22 heavy (non-hydrogen) atoms. The van der Waals surface area contributed by atoms with Gasteiger partial charge in [0.15, 0.2) is 0 Å². The van der Waals surface area contributed by atoms with Gasteiger partial charge in [-0.05, 0) is 19.4 Å². The molecule has 0 saturated carbocycles. The van der Waals surface area contributed by atoms with E-state index in [1.54, 1.807) is 11.3 Å². The van der Waals surface area contributed by atoms with Crippen LogP contribution in [0, 0.1) is 13.8 Å². The number of nitrogens with zero attached hydrogens (tertiary/aromatic N) is 1. The number of aromatic nitrogens is 1. The van der Waals surface area contributed by atoms with E-state index in [0.717, 1.165) is 28.2 Å². The van der Waals surface area contributed by atoms with Crippen LogP contribution in [0.1, 0.15) is 27.7 Å². The molecular weight excluding hydrogens is 288 g/mol. The van der Waals surface area contributed by atoms with Crippen LogP contribution in [0.3, 0.4) is 0 Å². The molecule has 0 bridgehead atoms. The van der Waals surface area contributed by atoms with Gasteiger partial charge in [-0.25, -0.2) is 4.98 Å². The average molecular weight is 308 g/mol. The molecule has 0 spiro atoms. The smallest absolute Gasteiger partial charge is 0.0951 e. The van der Waals surface area contributed by atoms with Crippen LogP contribution in [0.2, 0.25) is 0 Å². The second kappa shape index (κ2) is 6.42. The summed E-state index contributed by atoms with van der Waals surface area (Å²) in [5.41, 5.74) is 12.2. The lowest BCUT2D eigenvalue weighted by atomic mass is 10.0. The van der Waals surface area contributed by atoms with Gasteiger partial charge in [-0.2, -0.15) is 0 Å². The first-order valence-electron chi connectivity index (χ1n) is 7.45. The number of thiazole rings is 1. The molecule has 1 atom stereocenters. The van der Waals surface area contributed by atoms with E-state index in [2.05, 4.69) is 67.8 Å². The van der Waals surface area contributed by atoms with Crippen LogP contribution >= 0.6 is 11.3 Å². The number of rotatable bonds is 4. The Balaban J connectivity index is 1.73. The van der Waals surface area contributed by atoms with Crippen LogP contribution in [0.4, 0.5) is 0 Å². The van der Waals surface area contributed by atoms with Gasteiger partial charge in [-0.15, -0.1) is 11.3 Å². The summed E-state index contributed by atoms with van der Waals surface area (Å²) in [7, 11) is 0. The molecule has 0 amide bonds. The quantitative estimate of drug-likeness (QED) is 0.760. The van der Waals surface area contributed by atoms with E-state index in [1.165, 1.54) is 11.1 Å². The predicted octanol–water partition coefficient (Wildman–Crippen LogP) is 4.67. The average Bonchev–Trinajstić information content (AvgIpc) is 2.97. The summed E-state index contributed by atoms with van der Waals surface area (Å²) < 4.78 is 0. The second-order valence-corrected chi connectivity index (χ2v) is 6.66. The molecule has 0 aliphatic heterocycles. The third-order valence-electron chi connectivity index (χ3n) is 3.80. The summed E-state index contributed by atoms with van der Waals surface area (Å²) in [5.74, 6) is 0. The summed E-state index contributed by atoms with van der Waals surface area (Å²) in [6.45, 7) is 4.18. The fourth-order valence-electron chi connectivity index (χ4n) is 2.38. The van der Waals surface area contributed by atoms with Gasteiger partial charge in [0.1, 0.15) is 0 Å². The van der Waals surface area contributed by atoms with Gasteiger partial charge in [0.05, 0.1) is 10.7 Å². The van der Waals surface area contributed by atoms with Crippen molar-refractivity contribution in [2.24, 2.45) is 5.73 Å². The molecule has 2 N–H and O–H groups in total. The summed E-state index contributed by atoms with van der Waals surface area (Å²) in [5, 5.41) is 3.20. The van der Waals surface area contributed by atoms with E-state index in [9.17, 15) is 0 Å². The maximum atomic E-state index is 6.31. The van der Waals surface area contributed by atoms with Crippen molar-refractivity contribution in [3.8, 4) is 11.3 Å². The zero-order valence-electron chi connectivity index (χ0n) is 12.9. The van der Waals surface area contributed by atoms with E-state index < -0.39 is 0 Å². The third-order valence-corrected chi connectivity index (χ3v) is 4.67. The molecule has 3 aromatic rings. The van der Waals surface area contributed by atoms with Crippen LogP contribution in [0.15, 0.2) is 53.9 Å². The first-order valence-corrected chi connectivity index (χ1v) is 8.33. The Hall–Kier alpha value is -1.97. The van der Waals surface area contributed by atoms with E-state index in [0.29, 0.717) is 0 Å². The second-order valence-electron chi connectivity index (χ2n) is 5.71. The van der Waals surface area contributed by atoms with Crippen molar-refractivity contribution in [1.82, 2.24) is 4.98 Å². The standard InChI is InChI=1S/C19H20N2S/c1-13-3-7-15(8-4-13)17(20)11-19-21-18(12-22-19)16-9-5-14(2)6-10-16/h3-10,12,17H,11,20H2,1-2H3. The van der Waals surface area contributed by atoms with Gasteiger partial charge < -0.3 is 5.73 Å². The van der Waals surface area contributed by atoms with Crippen molar-refractivity contribution in [3.63, 3.8) is 0 Å². The zero-order valence-corrected chi connectivity index (χ0v) is 13.7. The molecule has 0 aliphatic carbocycles. The molecule has 2 aromatic carbocycles. The lowest BCUT2D eigenvalue weighted by Crippen LogP contribution is -2.13. The van der Waals surface area contributed by atoms with Crippen LogP contribution in [0.25, 0.3) is 11.3 Å². The minimum Gasteiger partial charge on any atom is -0.324 e. The molecule has 0 radical (unpaired) electrons. The van der Waals surface area contributed by atoms with Gasteiger partial charge >= 0.3 is 0 Å². The predicted molar refractivity (Wildman–Crippen MR) is 94.1 cm³/mol. The minimum atomic E-state index is -0.00221. The van der Waals surface area contributed by atoms with Gasteiger partial charge in [-0.1, -0.05) is 59.7 Å². The Morgan fingerprint density at radius 3 is 2.18 bits per heavy atom. The minimum absolute atomic E-state index is 0.00221. The molecule has 0 saturated heterocycles. The fourth-order valence-corrected chi connectivity index (χ4v) is 3.24. The molecule has 3 rings (SSSR count). The molecule has 1 unspecified atom stereocenters. The van der Waals surface area contributed by atoms with E-state index >= 15 is 0 Å². The van der Waals surface area contributed by atoms with E-state index in [1.807, 2.05) is 0 Å². The van der Waals surface area contributed by atoms with Crippen LogP contribution < -0.4 is 5.73 Å². The highest BCUT2D eigenvalue weighted by atomic mass is 32.1. The van der Waals surface area contributed by atoms with Gasteiger partial charge in [0.2, 0.25) is 0 Å². The third kappa shape index (κ3) is 3.43. The number of aryl methyl sites for hydroxylation is 2. The SMILES string of the molecule is Cc1ccc(-c2csc(CC(N)c3ccc(C)cc3)n2)cc1. The normalized spacial score (nSPS) is 12.3. The van der Waals surface area contributed by atoms with E-state index in [4.69, 9.17) is 10.7 Å². The highest BCUT2D eigenvalue weighted by Gasteiger charge is 2.11. The topological polar surface area (TPSA) is 38.9 Å². The highest BCUT2D eigenvalue weighted by Crippen LogP contribution is 2.25. The maximum absolute atomic E-state index is 6.31. The molecule has 0 aliphatic rings. The van der Waals surface area contributed by atoms with Crippen LogP contribution in [-0.2, 0) is 6.42 Å². The first-order chi connectivity index (χ1) is 10.6. The monoisotopic (exact) mass is 308 g/mol. The van der Waals surface area contributed by atoms with Crippen LogP contribution in [-0.4, -0.2) is 4.98 Å². The lowest BCUT2D eigenvalue weighted by Gasteiger charge is -2.10. The Morgan fingerprint density at radius 1 is 0.955 bits per heavy atom. The Labute approximate surface area is 135 Å². The van der Waals surface area contributed by atoms with Gasteiger partial charge in [0.25, 0.3) is 0 Å². The first kappa shape index (κ1) is 14.9. The van der Waals surface area contributed by atoms with Crippen molar-refractivity contribution < 1.29 is 0 Å². The fraction of sp³-hybridized carbons (Fsp3) is 0.211. The zero-order chi connectivity index (χ0) is 15.5. The Kier molecular flexibility index (Phi) is 4.36. The van der Waals surface area contributed by atoms with Gasteiger partial charge in [0, 0.05) is 23.4 Å². The lowest BCUT2D eigenvalue weighted by molar-refractivity contribution is 0.718. The molecular formula is C19H20N2S. The Bertz CT molecular complexity index is 742. The summed E-state index contributed by atoms with van der Waals surface area (Å²) >= 11 is 1.68. The molecule has 112 valence electrons. The number of hydrogen-bond acceptors (Lipinski definition) is 3. The van der Waals surface area contributed by atoms with Crippen molar-refractivity contribution in [3.05, 3.63) is 75.6 Å².